The highest BCUT2D eigenvalue weighted by molar-refractivity contribution is 7.95. The molecule has 8 nitrogen and oxygen atoms in total. The molecule has 0 spiro atoms. The number of sulfonamides is 1. The summed E-state index contributed by atoms with van der Waals surface area (Å²) < 4.78 is 54.1. The quantitative estimate of drug-likeness (QED) is 0.655. The fourth-order valence-corrected chi connectivity index (χ4v) is 9.76. The lowest BCUT2D eigenvalue weighted by atomic mass is 9.89. The average Bonchev–Trinajstić information content (AvgIpc) is 3.24. The van der Waals surface area contributed by atoms with Crippen LogP contribution in [0.25, 0.3) is 0 Å². The van der Waals surface area contributed by atoms with Crippen molar-refractivity contribution in [3.63, 3.8) is 0 Å². The van der Waals surface area contributed by atoms with Gasteiger partial charge in [-0.05, 0) is 56.1 Å². The first-order chi connectivity index (χ1) is 15.0. The molecule has 3 fully saturated rings. The molecule has 0 radical (unpaired) electrons. The molecule has 32 heavy (non-hydrogen) atoms. The lowest BCUT2D eigenvalue weighted by Crippen LogP contribution is -2.58. The number of fused-ring (bicyclic) bond motifs is 1. The van der Waals surface area contributed by atoms with Crippen molar-refractivity contribution in [3.05, 3.63) is 29.8 Å². The third kappa shape index (κ3) is 3.69. The number of piperidine rings is 1. The van der Waals surface area contributed by atoms with E-state index < -0.39 is 42.6 Å². The Morgan fingerprint density at radius 1 is 1.06 bits per heavy atom. The van der Waals surface area contributed by atoms with Crippen LogP contribution in [-0.2, 0) is 31.2 Å². The van der Waals surface area contributed by atoms with Crippen LogP contribution < -0.4 is 5.32 Å². The predicted molar refractivity (Wildman–Crippen MR) is 122 cm³/mol. The van der Waals surface area contributed by atoms with Crippen LogP contribution in [0.3, 0.4) is 0 Å². The molecule has 0 aromatic heterocycles. The molecule has 178 valence electrons. The first kappa shape index (κ1) is 23.7. The zero-order valence-corrected chi connectivity index (χ0v) is 20.6. The van der Waals surface area contributed by atoms with Gasteiger partial charge in [0.05, 0.1) is 23.1 Å². The molecular weight excluding hydrogens is 450 g/mol. The summed E-state index contributed by atoms with van der Waals surface area (Å²) in [5.74, 6) is -1.56. The molecule has 4 rings (SSSR count). The lowest BCUT2D eigenvalue weighted by Gasteiger charge is -2.35. The third-order valence-corrected chi connectivity index (χ3v) is 10.9. The molecule has 0 bridgehead atoms. The maximum absolute atomic E-state index is 14.0. The van der Waals surface area contributed by atoms with E-state index in [0.717, 1.165) is 31.5 Å². The number of hydrogen-bond acceptors (Lipinski definition) is 7. The minimum atomic E-state index is -4.17. The molecule has 3 heterocycles. The first-order valence-electron chi connectivity index (χ1n) is 11.3. The van der Waals surface area contributed by atoms with E-state index in [0.29, 0.717) is 10.8 Å². The fraction of sp³-hybridized carbons (Fsp3) is 0.682. The highest BCUT2D eigenvalue weighted by atomic mass is 32.2. The van der Waals surface area contributed by atoms with Gasteiger partial charge in [-0.3, -0.25) is 9.69 Å². The van der Waals surface area contributed by atoms with Crippen molar-refractivity contribution in [2.75, 3.05) is 25.9 Å². The molecule has 3 aliphatic heterocycles. The molecule has 3 saturated heterocycles. The van der Waals surface area contributed by atoms with E-state index in [1.165, 1.54) is 19.3 Å². The van der Waals surface area contributed by atoms with E-state index >= 15 is 0 Å². The van der Waals surface area contributed by atoms with Gasteiger partial charge in [0.25, 0.3) is 0 Å². The Balaban J connectivity index is 1.73. The van der Waals surface area contributed by atoms with Gasteiger partial charge >= 0.3 is 0 Å². The van der Waals surface area contributed by atoms with Crippen molar-refractivity contribution in [2.45, 2.75) is 61.9 Å². The van der Waals surface area contributed by atoms with Gasteiger partial charge in [-0.15, -0.1) is 0 Å². The zero-order chi connectivity index (χ0) is 23.3. The lowest BCUT2D eigenvalue weighted by molar-refractivity contribution is -0.129. The summed E-state index contributed by atoms with van der Waals surface area (Å²) in [6, 6.07) is 5.95. The largest absolute Gasteiger partial charge is 0.310 e. The highest BCUT2D eigenvalue weighted by Crippen LogP contribution is 2.50. The molecule has 0 saturated carbocycles. The summed E-state index contributed by atoms with van der Waals surface area (Å²) in [7, 11) is -8.26. The van der Waals surface area contributed by atoms with Gasteiger partial charge in [-0.25, -0.2) is 21.1 Å². The van der Waals surface area contributed by atoms with E-state index in [1.54, 1.807) is 24.3 Å². The second-order valence-electron chi connectivity index (χ2n) is 9.65. The van der Waals surface area contributed by atoms with Gasteiger partial charge in [-0.1, -0.05) is 32.4 Å². The second-order valence-corrected chi connectivity index (χ2v) is 13.7. The molecule has 3 atom stereocenters. The van der Waals surface area contributed by atoms with Crippen molar-refractivity contribution in [3.8, 4) is 0 Å². The SMILES string of the molecule is CC(C)[C@H]1C(=O)N(S(C)(=O)=O)[C@]2(S(=O)(=O)c3ccc(CN4CCCCC4)cc3)CCN[C@H]12. The number of carbonyl (C=O) groups is 1. The first-order valence-corrected chi connectivity index (χ1v) is 14.7. The molecule has 1 N–H and O–H groups in total. The van der Waals surface area contributed by atoms with Crippen LogP contribution in [0.5, 0.6) is 0 Å². The van der Waals surface area contributed by atoms with E-state index in [9.17, 15) is 21.6 Å². The summed E-state index contributed by atoms with van der Waals surface area (Å²) in [6.45, 7) is 6.82. The van der Waals surface area contributed by atoms with E-state index in [-0.39, 0.29) is 17.2 Å². The Morgan fingerprint density at radius 3 is 2.25 bits per heavy atom. The molecule has 3 aliphatic rings. The van der Waals surface area contributed by atoms with Crippen molar-refractivity contribution in [2.24, 2.45) is 11.8 Å². The highest BCUT2D eigenvalue weighted by Gasteiger charge is 2.70. The topological polar surface area (TPSA) is 104 Å². The molecule has 0 unspecified atom stereocenters. The molecule has 1 aromatic carbocycles. The van der Waals surface area contributed by atoms with Crippen LogP contribution in [0.1, 0.15) is 45.1 Å². The standard InChI is InChI=1S/C22H33N3O5S2/c1-16(2)19-20-22(11-12-23-20,25(21(19)26)31(3,27)28)32(29,30)18-9-7-17(8-10-18)15-24-13-5-4-6-14-24/h7-10,16,19-20,23H,4-6,11-15H2,1-3H3/t19-,20-,22+/m1/s1. The predicted octanol–water partition coefficient (Wildman–Crippen LogP) is 1.58. The number of nitrogens with zero attached hydrogens (tertiary/aromatic N) is 2. The maximum Gasteiger partial charge on any atom is 0.242 e. The van der Waals surface area contributed by atoms with Crippen LogP contribution in [0, 0.1) is 11.8 Å². The zero-order valence-electron chi connectivity index (χ0n) is 19.0. The van der Waals surface area contributed by atoms with E-state index in [1.807, 2.05) is 13.8 Å². The number of rotatable bonds is 6. The summed E-state index contributed by atoms with van der Waals surface area (Å²) in [5, 5.41) is 3.15. The number of likely N-dealkylation sites (tertiary alicyclic amines) is 1. The fourth-order valence-electron chi connectivity index (χ4n) is 5.70. The summed E-state index contributed by atoms with van der Waals surface area (Å²) >= 11 is 0. The Bertz CT molecular complexity index is 1080. The van der Waals surface area contributed by atoms with Crippen LogP contribution in [0.4, 0.5) is 0 Å². The summed E-state index contributed by atoms with van der Waals surface area (Å²) in [5.41, 5.74) is 1.02. The van der Waals surface area contributed by atoms with Crippen molar-refractivity contribution in [1.82, 2.24) is 14.5 Å². The van der Waals surface area contributed by atoms with Gasteiger partial charge < -0.3 is 5.32 Å². The monoisotopic (exact) mass is 483 g/mol. The number of hydrogen-bond donors (Lipinski definition) is 1. The number of amides is 1. The van der Waals surface area contributed by atoms with Gasteiger partial charge in [-0.2, -0.15) is 0 Å². The molecule has 1 aromatic rings. The third-order valence-electron chi connectivity index (χ3n) is 7.13. The Labute approximate surface area is 191 Å². The van der Waals surface area contributed by atoms with Crippen LogP contribution >= 0.6 is 0 Å². The van der Waals surface area contributed by atoms with E-state index in [4.69, 9.17) is 0 Å². The van der Waals surface area contributed by atoms with Crippen molar-refractivity contribution in [1.29, 1.82) is 0 Å². The summed E-state index contributed by atoms with van der Waals surface area (Å²) in [6.07, 6.45) is 4.56. The van der Waals surface area contributed by atoms with Gasteiger partial charge in [0.2, 0.25) is 25.8 Å². The molecule has 0 aliphatic carbocycles. The second kappa shape index (κ2) is 8.38. The van der Waals surface area contributed by atoms with E-state index in [2.05, 4.69) is 10.2 Å². The Hall–Kier alpha value is -1.49. The van der Waals surface area contributed by atoms with Crippen molar-refractivity contribution >= 4 is 25.8 Å². The Kier molecular flexibility index (Phi) is 6.19. The van der Waals surface area contributed by atoms with Gasteiger partial charge in [0.15, 0.2) is 4.87 Å². The maximum atomic E-state index is 14.0. The van der Waals surface area contributed by atoms with Crippen LogP contribution in [0.15, 0.2) is 29.2 Å². The molecular formula is C22H33N3O5S2. The van der Waals surface area contributed by atoms with Crippen LogP contribution in [-0.4, -0.2) is 68.8 Å². The number of nitrogens with one attached hydrogen (secondary N) is 1. The Morgan fingerprint density at radius 2 is 1.69 bits per heavy atom. The molecule has 1 amide bonds. The van der Waals surface area contributed by atoms with Crippen molar-refractivity contribution < 1.29 is 21.6 Å². The minimum Gasteiger partial charge on any atom is -0.310 e. The van der Waals surface area contributed by atoms with Gasteiger partial charge in [0.1, 0.15) is 0 Å². The molecule has 10 heteroatoms. The normalized spacial score (nSPS) is 29.6. The smallest absolute Gasteiger partial charge is 0.242 e. The minimum absolute atomic E-state index is 0.0392. The average molecular weight is 484 g/mol. The summed E-state index contributed by atoms with van der Waals surface area (Å²) in [4.78, 5) is 13.8. The van der Waals surface area contributed by atoms with Gasteiger partial charge in [0, 0.05) is 13.0 Å². The number of sulfone groups is 1. The number of benzene rings is 1. The van der Waals surface area contributed by atoms with Crippen LogP contribution in [0.2, 0.25) is 0 Å². The number of carbonyl (C=O) groups excluding carboxylic acids is 1.